The number of halogens is 1. The molecule has 1 aliphatic rings. The minimum Gasteiger partial charge on any atom is -0.493 e. The van der Waals surface area contributed by atoms with E-state index in [1.54, 1.807) is 14.2 Å². The number of ether oxygens (including phenoxy) is 3. The highest BCUT2D eigenvalue weighted by Crippen LogP contribution is 2.31. The number of nitrogens with one attached hydrogen (secondary N) is 1. The average Bonchev–Trinajstić information content (AvgIpc) is 3.05. The van der Waals surface area contributed by atoms with Crippen molar-refractivity contribution >= 4 is 12.4 Å². The maximum atomic E-state index is 5.59. The van der Waals surface area contributed by atoms with Gasteiger partial charge in [0.05, 0.1) is 20.8 Å². The highest BCUT2D eigenvalue weighted by atomic mass is 35.5. The van der Waals surface area contributed by atoms with E-state index in [1.165, 1.54) is 0 Å². The fourth-order valence-corrected chi connectivity index (χ4v) is 2.18. The summed E-state index contributed by atoms with van der Waals surface area (Å²) in [6.45, 7) is 2.15. The van der Waals surface area contributed by atoms with Crippen molar-refractivity contribution in [2.75, 3.05) is 33.9 Å². The normalized spacial score (nSPS) is 17.6. The van der Waals surface area contributed by atoms with Crippen LogP contribution in [0.15, 0.2) is 22.7 Å². The third-order valence-electron chi connectivity index (χ3n) is 3.29. The topological polar surface area (TPSA) is 78.6 Å². The Hall–Kier alpha value is -1.83. The summed E-state index contributed by atoms with van der Waals surface area (Å²) in [7, 11) is 3.18. The molecule has 2 aromatic rings. The van der Waals surface area contributed by atoms with Gasteiger partial charge in [0.1, 0.15) is 6.10 Å². The molecule has 0 saturated carbocycles. The summed E-state index contributed by atoms with van der Waals surface area (Å²) in [6, 6.07) is 5.48. The first-order valence-corrected chi connectivity index (χ1v) is 6.70. The number of hydrogen-bond acceptors (Lipinski definition) is 7. The van der Waals surface area contributed by atoms with Gasteiger partial charge in [0.2, 0.25) is 5.82 Å². The van der Waals surface area contributed by atoms with Gasteiger partial charge in [-0.05, 0) is 18.2 Å². The quantitative estimate of drug-likeness (QED) is 0.917. The zero-order valence-electron chi connectivity index (χ0n) is 12.4. The van der Waals surface area contributed by atoms with Crippen molar-refractivity contribution in [2.24, 2.45) is 0 Å². The van der Waals surface area contributed by atoms with Crippen molar-refractivity contribution in [1.29, 1.82) is 0 Å². The van der Waals surface area contributed by atoms with E-state index in [0.29, 0.717) is 36.4 Å². The molecule has 0 amide bonds. The van der Waals surface area contributed by atoms with Gasteiger partial charge in [0.15, 0.2) is 11.5 Å². The van der Waals surface area contributed by atoms with E-state index >= 15 is 0 Å². The van der Waals surface area contributed by atoms with E-state index < -0.39 is 0 Å². The van der Waals surface area contributed by atoms with Crippen molar-refractivity contribution in [1.82, 2.24) is 15.5 Å². The molecule has 3 rings (SSSR count). The molecule has 0 aliphatic carbocycles. The van der Waals surface area contributed by atoms with Crippen molar-refractivity contribution in [3.05, 3.63) is 24.1 Å². The predicted molar refractivity (Wildman–Crippen MR) is 81.6 cm³/mol. The molecule has 0 spiro atoms. The molecule has 1 fully saturated rings. The van der Waals surface area contributed by atoms with Crippen LogP contribution in [0.4, 0.5) is 0 Å². The molecule has 1 aliphatic heterocycles. The predicted octanol–water partition coefficient (Wildman–Crippen LogP) is 1.84. The lowest BCUT2D eigenvalue weighted by Crippen LogP contribution is -2.33. The van der Waals surface area contributed by atoms with Crippen LogP contribution in [0.2, 0.25) is 0 Å². The first kappa shape index (κ1) is 16.5. The van der Waals surface area contributed by atoms with Gasteiger partial charge in [-0.1, -0.05) is 5.16 Å². The number of rotatable bonds is 4. The van der Waals surface area contributed by atoms with Crippen molar-refractivity contribution in [2.45, 2.75) is 6.10 Å². The average molecular weight is 328 g/mol. The minimum atomic E-state index is -0.194. The highest BCUT2D eigenvalue weighted by molar-refractivity contribution is 5.85. The van der Waals surface area contributed by atoms with Gasteiger partial charge in [-0.2, -0.15) is 4.98 Å². The molecule has 1 saturated heterocycles. The molecule has 120 valence electrons. The van der Waals surface area contributed by atoms with Crippen LogP contribution in [0, 0.1) is 0 Å². The first-order chi connectivity index (χ1) is 10.3. The van der Waals surface area contributed by atoms with E-state index in [1.807, 2.05) is 18.2 Å². The van der Waals surface area contributed by atoms with Crippen molar-refractivity contribution < 1.29 is 18.7 Å². The Bertz CT molecular complexity index is 614. The SMILES string of the molecule is COc1ccc(-c2noc([C@@H]3CNCCO3)n2)cc1OC.Cl. The molecule has 22 heavy (non-hydrogen) atoms. The summed E-state index contributed by atoms with van der Waals surface area (Å²) in [5.74, 6) is 2.26. The summed E-state index contributed by atoms with van der Waals surface area (Å²) < 4.78 is 21.4. The van der Waals surface area contributed by atoms with Crippen LogP contribution in [0.25, 0.3) is 11.4 Å². The number of nitrogens with zero attached hydrogens (tertiary/aromatic N) is 2. The third-order valence-corrected chi connectivity index (χ3v) is 3.29. The van der Waals surface area contributed by atoms with Crippen LogP contribution in [0.5, 0.6) is 11.5 Å². The molecular weight excluding hydrogens is 310 g/mol. The monoisotopic (exact) mass is 327 g/mol. The maximum Gasteiger partial charge on any atom is 0.257 e. The second-order valence-electron chi connectivity index (χ2n) is 4.59. The van der Waals surface area contributed by atoms with Gasteiger partial charge in [0, 0.05) is 18.7 Å². The molecular formula is C14H18ClN3O4. The number of aromatic nitrogens is 2. The molecule has 0 bridgehead atoms. The Morgan fingerprint density at radius 1 is 1.23 bits per heavy atom. The molecule has 7 nitrogen and oxygen atoms in total. The molecule has 2 heterocycles. The fraction of sp³-hybridized carbons (Fsp3) is 0.429. The molecule has 8 heteroatoms. The minimum absolute atomic E-state index is 0. The van der Waals surface area contributed by atoms with Gasteiger partial charge >= 0.3 is 0 Å². The summed E-state index contributed by atoms with van der Waals surface area (Å²) in [5.41, 5.74) is 0.798. The van der Waals surface area contributed by atoms with Crippen LogP contribution < -0.4 is 14.8 Å². The zero-order valence-corrected chi connectivity index (χ0v) is 13.2. The van der Waals surface area contributed by atoms with Crippen LogP contribution in [0.3, 0.4) is 0 Å². The van der Waals surface area contributed by atoms with E-state index in [9.17, 15) is 0 Å². The molecule has 0 unspecified atom stereocenters. The molecule has 1 aromatic carbocycles. The first-order valence-electron chi connectivity index (χ1n) is 6.70. The number of methoxy groups -OCH3 is 2. The highest BCUT2D eigenvalue weighted by Gasteiger charge is 2.22. The van der Waals surface area contributed by atoms with Crippen LogP contribution in [-0.4, -0.2) is 44.1 Å². The van der Waals surface area contributed by atoms with Gasteiger partial charge in [-0.15, -0.1) is 12.4 Å². The molecule has 1 atom stereocenters. The van der Waals surface area contributed by atoms with Crippen molar-refractivity contribution in [3.63, 3.8) is 0 Å². The molecule has 1 aromatic heterocycles. The van der Waals surface area contributed by atoms with Gasteiger partial charge in [0.25, 0.3) is 5.89 Å². The third kappa shape index (κ3) is 3.32. The van der Waals surface area contributed by atoms with Crippen LogP contribution in [-0.2, 0) is 4.74 Å². The van der Waals surface area contributed by atoms with Gasteiger partial charge < -0.3 is 24.1 Å². The second-order valence-corrected chi connectivity index (χ2v) is 4.59. The van der Waals surface area contributed by atoms with Crippen molar-refractivity contribution in [3.8, 4) is 22.9 Å². The van der Waals surface area contributed by atoms with Gasteiger partial charge in [-0.3, -0.25) is 0 Å². The van der Waals surface area contributed by atoms with E-state index in [4.69, 9.17) is 18.7 Å². The molecule has 1 N–H and O–H groups in total. The largest absolute Gasteiger partial charge is 0.493 e. The standard InChI is InChI=1S/C14H17N3O4.ClH/c1-18-10-4-3-9(7-11(10)19-2)13-16-14(21-17-13)12-8-15-5-6-20-12;/h3-4,7,12,15H,5-6,8H2,1-2H3;1H/t12-;/m0./s1. The smallest absolute Gasteiger partial charge is 0.257 e. The number of hydrogen-bond donors (Lipinski definition) is 1. The van der Waals surface area contributed by atoms with Gasteiger partial charge in [-0.25, -0.2) is 0 Å². The summed E-state index contributed by atoms with van der Waals surface area (Å²) in [5, 5.41) is 7.23. The summed E-state index contributed by atoms with van der Waals surface area (Å²) in [4.78, 5) is 4.40. The fourth-order valence-electron chi connectivity index (χ4n) is 2.18. The zero-order chi connectivity index (χ0) is 14.7. The Balaban J connectivity index is 0.00000176. The molecule has 0 radical (unpaired) electrons. The number of morpholine rings is 1. The lowest BCUT2D eigenvalue weighted by atomic mass is 10.2. The number of benzene rings is 1. The maximum absolute atomic E-state index is 5.59. The van der Waals surface area contributed by atoms with E-state index in [-0.39, 0.29) is 18.5 Å². The Labute approximate surface area is 134 Å². The van der Waals surface area contributed by atoms with Crippen LogP contribution in [0.1, 0.15) is 12.0 Å². The summed E-state index contributed by atoms with van der Waals surface area (Å²) in [6.07, 6.45) is -0.194. The summed E-state index contributed by atoms with van der Waals surface area (Å²) >= 11 is 0. The van der Waals surface area contributed by atoms with E-state index in [2.05, 4.69) is 15.5 Å². The Morgan fingerprint density at radius 3 is 2.73 bits per heavy atom. The van der Waals surface area contributed by atoms with E-state index in [0.717, 1.165) is 12.1 Å². The Morgan fingerprint density at radius 2 is 2.05 bits per heavy atom. The lowest BCUT2D eigenvalue weighted by Gasteiger charge is -2.19. The lowest BCUT2D eigenvalue weighted by molar-refractivity contribution is 0.00755. The Kier molecular flexibility index (Phi) is 5.59. The van der Waals surface area contributed by atoms with Crippen LogP contribution >= 0.6 is 12.4 Å². The second kappa shape index (κ2) is 7.44.